The lowest BCUT2D eigenvalue weighted by molar-refractivity contribution is 0.0697. The smallest absolute Gasteiger partial charge is 0.335 e. The van der Waals surface area contributed by atoms with Crippen molar-refractivity contribution in [3.63, 3.8) is 0 Å². The van der Waals surface area contributed by atoms with E-state index in [4.69, 9.17) is 5.11 Å². The van der Waals surface area contributed by atoms with E-state index in [1.54, 1.807) is 12.1 Å². The van der Waals surface area contributed by atoms with E-state index in [-0.39, 0.29) is 0 Å². The molecule has 1 aromatic rings. The molecule has 3 nitrogen and oxygen atoms in total. The summed E-state index contributed by atoms with van der Waals surface area (Å²) in [5.41, 5.74) is 2.35. The number of carbonyl (C=O) groups is 1. The van der Waals surface area contributed by atoms with Gasteiger partial charge in [-0.3, -0.25) is 0 Å². The molecule has 0 amide bonds. The number of rotatable bonds is 6. The topological polar surface area (TPSA) is 49.3 Å². The Morgan fingerprint density at radius 3 is 2.71 bits per heavy atom. The average Bonchev–Trinajstić information content (AvgIpc) is 2.28. The largest absolute Gasteiger partial charge is 0.478 e. The molecule has 0 aliphatic carbocycles. The summed E-state index contributed by atoms with van der Waals surface area (Å²) >= 11 is 0. The molecule has 1 unspecified atom stereocenters. The summed E-state index contributed by atoms with van der Waals surface area (Å²) in [6, 6.07) is 5.62. The molecule has 1 atom stereocenters. The van der Waals surface area contributed by atoms with E-state index in [1.807, 2.05) is 13.0 Å². The van der Waals surface area contributed by atoms with E-state index in [0.717, 1.165) is 17.7 Å². The molecule has 0 bridgehead atoms. The molecule has 94 valence electrons. The van der Waals surface area contributed by atoms with Crippen molar-refractivity contribution in [1.29, 1.82) is 0 Å². The Morgan fingerprint density at radius 1 is 1.47 bits per heavy atom. The standard InChI is InChI=1S/C14H21NO2/c1-4-5-6-11(3)15-13-8-7-12(14(16)17)9-10(13)2/h7-9,11,15H,4-6H2,1-3H3,(H,16,17). The minimum absolute atomic E-state index is 0.342. The molecule has 1 rings (SSSR count). The van der Waals surface area contributed by atoms with Crippen LogP contribution in [0.2, 0.25) is 0 Å². The summed E-state index contributed by atoms with van der Waals surface area (Å²) in [5.74, 6) is -0.876. The van der Waals surface area contributed by atoms with Gasteiger partial charge in [0.05, 0.1) is 5.56 Å². The quantitative estimate of drug-likeness (QED) is 0.790. The van der Waals surface area contributed by atoms with Gasteiger partial charge in [0.25, 0.3) is 0 Å². The number of aryl methyl sites for hydroxylation is 1. The highest BCUT2D eigenvalue weighted by atomic mass is 16.4. The Bertz CT molecular complexity index is 388. The first-order valence-corrected chi connectivity index (χ1v) is 6.15. The van der Waals surface area contributed by atoms with Crippen molar-refractivity contribution < 1.29 is 9.90 Å². The lowest BCUT2D eigenvalue weighted by atomic mass is 10.1. The molecule has 0 fully saturated rings. The summed E-state index contributed by atoms with van der Waals surface area (Å²) in [5, 5.41) is 12.3. The predicted octanol–water partition coefficient (Wildman–Crippen LogP) is 3.68. The summed E-state index contributed by atoms with van der Waals surface area (Å²) in [7, 11) is 0. The second-order valence-corrected chi connectivity index (χ2v) is 4.52. The molecule has 0 radical (unpaired) electrons. The van der Waals surface area contributed by atoms with Gasteiger partial charge in [-0.1, -0.05) is 19.8 Å². The van der Waals surface area contributed by atoms with Crippen LogP contribution in [0.4, 0.5) is 5.69 Å². The molecule has 0 heterocycles. The SMILES string of the molecule is CCCCC(C)Nc1ccc(C(=O)O)cc1C. The fourth-order valence-electron chi connectivity index (χ4n) is 1.81. The number of unbranched alkanes of at least 4 members (excludes halogenated alkanes) is 1. The van der Waals surface area contributed by atoms with Crippen molar-refractivity contribution in [1.82, 2.24) is 0 Å². The molecule has 0 aliphatic rings. The second kappa shape index (κ2) is 6.28. The van der Waals surface area contributed by atoms with E-state index >= 15 is 0 Å². The van der Waals surface area contributed by atoms with Crippen LogP contribution in [0, 0.1) is 6.92 Å². The van der Waals surface area contributed by atoms with Crippen molar-refractivity contribution in [2.24, 2.45) is 0 Å². The zero-order valence-corrected chi connectivity index (χ0v) is 10.8. The Morgan fingerprint density at radius 2 is 2.18 bits per heavy atom. The van der Waals surface area contributed by atoms with Crippen LogP contribution in [0.25, 0.3) is 0 Å². The number of hydrogen-bond donors (Lipinski definition) is 2. The number of carboxylic acids is 1. The van der Waals surface area contributed by atoms with Gasteiger partial charge in [-0.25, -0.2) is 4.79 Å². The minimum Gasteiger partial charge on any atom is -0.478 e. The number of hydrogen-bond acceptors (Lipinski definition) is 2. The van der Waals surface area contributed by atoms with Gasteiger partial charge in [0.15, 0.2) is 0 Å². The van der Waals surface area contributed by atoms with Gasteiger partial charge in [0, 0.05) is 11.7 Å². The molecule has 0 aromatic heterocycles. The van der Waals surface area contributed by atoms with Gasteiger partial charge < -0.3 is 10.4 Å². The second-order valence-electron chi connectivity index (χ2n) is 4.52. The van der Waals surface area contributed by atoms with Crippen molar-refractivity contribution >= 4 is 11.7 Å². The molecule has 3 heteroatoms. The van der Waals surface area contributed by atoms with E-state index in [2.05, 4.69) is 19.2 Å². The minimum atomic E-state index is -0.876. The van der Waals surface area contributed by atoms with Gasteiger partial charge in [0.2, 0.25) is 0 Å². The molecule has 0 saturated carbocycles. The van der Waals surface area contributed by atoms with Crippen molar-refractivity contribution in [2.75, 3.05) is 5.32 Å². The van der Waals surface area contributed by atoms with E-state index in [1.165, 1.54) is 12.8 Å². The lowest BCUT2D eigenvalue weighted by Crippen LogP contribution is -2.15. The molecule has 2 N–H and O–H groups in total. The Balaban J connectivity index is 2.69. The molecule has 17 heavy (non-hydrogen) atoms. The van der Waals surface area contributed by atoms with Crippen LogP contribution in [0.1, 0.15) is 49.0 Å². The third kappa shape index (κ3) is 4.10. The maximum atomic E-state index is 10.8. The highest BCUT2D eigenvalue weighted by Crippen LogP contribution is 2.18. The number of benzene rings is 1. The monoisotopic (exact) mass is 235 g/mol. The van der Waals surface area contributed by atoms with Gasteiger partial charge in [0.1, 0.15) is 0 Å². The molecule has 0 aliphatic heterocycles. The van der Waals surface area contributed by atoms with Gasteiger partial charge in [-0.2, -0.15) is 0 Å². The Labute approximate surface area is 103 Å². The number of anilines is 1. The first-order valence-electron chi connectivity index (χ1n) is 6.15. The molecule has 0 spiro atoms. The highest BCUT2D eigenvalue weighted by Gasteiger charge is 2.07. The van der Waals surface area contributed by atoms with Crippen LogP contribution in [0.5, 0.6) is 0 Å². The van der Waals surface area contributed by atoms with E-state index in [0.29, 0.717) is 11.6 Å². The lowest BCUT2D eigenvalue weighted by Gasteiger charge is -2.17. The fraction of sp³-hybridized carbons (Fsp3) is 0.500. The summed E-state index contributed by atoms with van der Waals surface area (Å²) in [6.07, 6.45) is 3.54. The maximum Gasteiger partial charge on any atom is 0.335 e. The van der Waals surface area contributed by atoms with Gasteiger partial charge in [-0.05, 0) is 44.0 Å². The highest BCUT2D eigenvalue weighted by molar-refractivity contribution is 5.88. The Kier molecular flexibility index (Phi) is 5.01. The van der Waals surface area contributed by atoms with Crippen LogP contribution < -0.4 is 5.32 Å². The third-order valence-electron chi connectivity index (χ3n) is 2.87. The van der Waals surface area contributed by atoms with Crippen LogP contribution in [-0.2, 0) is 0 Å². The van der Waals surface area contributed by atoms with Crippen LogP contribution in [-0.4, -0.2) is 17.1 Å². The zero-order valence-electron chi connectivity index (χ0n) is 10.8. The average molecular weight is 235 g/mol. The van der Waals surface area contributed by atoms with E-state index < -0.39 is 5.97 Å². The first kappa shape index (κ1) is 13.6. The van der Waals surface area contributed by atoms with Gasteiger partial charge >= 0.3 is 5.97 Å². The summed E-state index contributed by atoms with van der Waals surface area (Å²) < 4.78 is 0. The van der Waals surface area contributed by atoms with E-state index in [9.17, 15) is 4.79 Å². The van der Waals surface area contributed by atoms with Gasteiger partial charge in [-0.15, -0.1) is 0 Å². The fourth-order valence-corrected chi connectivity index (χ4v) is 1.81. The van der Waals surface area contributed by atoms with Crippen LogP contribution in [0.3, 0.4) is 0 Å². The number of aromatic carboxylic acids is 1. The predicted molar refractivity (Wildman–Crippen MR) is 70.7 cm³/mol. The maximum absolute atomic E-state index is 10.8. The van der Waals surface area contributed by atoms with Crippen molar-refractivity contribution in [2.45, 2.75) is 46.1 Å². The van der Waals surface area contributed by atoms with Crippen LogP contribution in [0.15, 0.2) is 18.2 Å². The first-order chi connectivity index (χ1) is 8.04. The van der Waals surface area contributed by atoms with Crippen LogP contribution >= 0.6 is 0 Å². The van der Waals surface area contributed by atoms with Crippen molar-refractivity contribution in [3.05, 3.63) is 29.3 Å². The Hall–Kier alpha value is -1.51. The molecular weight excluding hydrogens is 214 g/mol. The third-order valence-corrected chi connectivity index (χ3v) is 2.87. The summed E-state index contributed by atoms with van der Waals surface area (Å²) in [4.78, 5) is 10.8. The normalized spacial score (nSPS) is 12.2. The van der Waals surface area contributed by atoms with Crippen molar-refractivity contribution in [3.8, 4) is 0 Å². The molecule has 1 aromatic carbocycles. The number of nitrogens with one attached hydrogen (secondary N) is 1. The number of carboxylic acid groups (broad SMARTS) is 1. The molecule has 0 saturated heterocycles. The molecular formula is C14H21NO2. The summed E-state index contributed by atoms with van der Waals surface area (Å²) in [6.45, 7) is 6.27. The zero-order chi connectivity index (χ0) is 12.8.